The Morgan fingerprint density at radius 2 is 2.12 bits per heavy atom. The molecule has 0 atom stereocenters. The Morgan fingerprint density at radius 1 is 1.38 bits per heavy atom. The number of hydrogen-bond acceptors (Lipinski definition) is 8. The summed E-state index contributed by atoms with van der Waals surface area (Å²) in [5.74, 6) is 0.390. The smallest absolute Gasteiger partial charge is 0.230 e. The van der Waals surface area contributed by atoms with E-state index in [1.54, 1.807) is 0 Å². The monoisotopic (exact) mass is 373 g/mol. The zero-order chi connectivity index (χ0) is 17.4. The van der Waals surface area contributed by atoms with Crippen molar-refractivity contribution in [3.63, 3.8) is 0 Å². The number of carbonyl (C=O) groups is 1. The molecule has 136 valence electrons. The highest BCUT2D eigenvalue weighted by Crippen LogP contribution is 2.25. The standard InChI is InChI=1S/C15H27N5O2S2/c1-4-5-16-13-18-19-14(24-13)23-10-12(21)17-11-15(2,3)20-6-8-22-9-7-20/h4-11H2,1-3H3,(H,16,18)(H,17,21). The summed E-state index contributed by atoms with van der Waals surface area (Å²) < 4.78 is 6.20. The fraction of sp³-hybridized carbons (Fsp3) is 0.800. The highest BCUT2D eigenvalue weighted by molar-refractivity contribution is 8.01. The van der Waals surface area contributed by atoms with Gasteiger partial charge in [0.25, 0.3) is 0 Å². The van der Waals surface area contributed by atoms with Crippen molar-refractivity contribution >= 4 is 34.1 Å². The number of nitrogens with one attached hydrogen (secondary N) is 2. The summed E-state index contributed by atoms with van der Waals surface area (Å²) in [6.45, 7) is 11.3. The van der Waals surface area contributed by atoms with Gasteiger partial charge in [-0.2, -0.15) is 0 Å². The van der Waals surface area contributed by atoms with Gasteiger partial charge in [-0.25, -0.2) is 0 Å². The number of ether oxygens (including phenoxy) is 1. The molecule has 1 amide bonds. The molecule has 0 saturated carbocycles. The van der Waals surface area contributed by atoms with Crippen molar-refractivity contribution in [2.45, 2.75) is 37.1 Å². The second-order valence-corrected chi connectivity index (χ2v) is 8.48. The average Bonchev–Trinajstić information content (AvgIpc) is 3.05. The molecule has 7 nitrogen and oxygen atoms in total. The number of morpholine rings is 1. The van der Waals surface area contributed by atoms with Crippen LogP contribution in [0.2, 0.25) is 0 Å². The van der Waals surface area contributed by atoms with Gasteiger partial charge in [0.05, 0.1) is 19.0 Å². The fourth-order valence-electron chi connectivity index (χ4n) is 2.35. The zero-order valence-electron chi connectivity index (χ0n) is 14.6. The van der Waals surface area contributed by atoms with Gasteiger partial charge in [-0.3, -0.25) is 9.69 Å². The molecule has 1 fully saturated rings. The molecule has 0 radical (unpaired) electrons. The molecular weight excluding hydrogens is 346 g/mol. The van der Waals surface area contributed by atoms with Gasteiger partial charge >= 0.3 is 0 Å². The molecular formula is C15H27N5O2S2. The molecule has 0 spiro atoms. The Hall–Kier alpha value is -0.900. The van der Waals surface area contributed by atoms with Crippen LogP contribution in [0.1, 0.15) is 27.2 Å². The van der Waals surface area contributed by atoms with Crippen LogP contribution in [0.5, 0.6) is 0 Å². The summed E-state index contributed by atoms with van der Waals surface area (Å²) >= 11 is 2.92. The van der Waals surface area contributed by atoms with E-state index in [9.17, 15) is 4.79 Å². The fourth-order valence-corrected chi connectivity index (χ4v) is 3.95. The van der Waals surface area contributed by atoms with Gasteiger partial charge in [0.15, 0.2) is 4.34 Å². The third-order valence-electron chi connectivity index (χ3n) is 3.84. The molecule has 0 aromatic carbocycles. The highest BCUT2D eigenvalue weighted by Gasteiger charge is 2.28. The second kappa shape index (κ2) is 9.55. The van der Waals surface area contributed by atoms with Gasteiger partial charge in [0, 0.05) is 31.7 Å². The van der Waals surface area contributed by atoms with Crippen LogP contribution in [0.4, 0.5) is 5.13 Å². The maximum absolute atomic E-state index is 12.1. The van der Waals surface area contributed by atoms with Crippen LogP contribution < -0.4 is 10.6 Å². The molecule has 1 aromatic rings. The van der Waals surface area contributed by atoms with Crippen LogP contribution in [0.3, 0.4) is 0 Å². The van der Waals surface area contributed by atoms with E-state index in [2.05, 4.69) is 46.5 Å². The predicted molar refractivity (Wildman–Crippen MR) is 98.9 cm³/mol. The minimum Gasteiger partial charge on any atom is -0.379 e. The maximum Gasteiger partial charge on any atom is 0.230 e. The first-order valence-electron chi connectivity index (χ1n) is 8.31. The Kier molecular flexibility index (Phi) is 7.73. The van der Waals surface area contributed by atoms with Gasteiger partial charge in [0.2, 0.25) is 11.0 Å². The number of aromatic nitrogens is 2. The third kappa shape index (κ3) is 6.19. The summed E-state index contributed by atoms with van der Waals surface area (Å²) in [6, 6.07) is 0. The van der Waals surface area contributed by atoms with E-state index in [0.29, 0.717) is 12.3 Å². The molecule has 24 heavy (non-hydrogen) atoms. The topological polar surface area (TPSA) is 79.4 Å². The van der Waals surface area contributed by atoms with Crippen LogP contribution in [0, 0.1) is 0 Å². The first-order valence-corrected chi connectivity index (χ1v) is 10.1. The SMILES string of the molecule is CCCNc1nnc(SCC(=O)NCC(C)(C)N2CCOCC2)s1. The van der Waals surface area contributed by atoms with E-state index in [4.69, 9.17) is 4.74 Å². The number of anilines is 1. The number of thioether (sulfide) groups is 1. The molecule has 1 aliphatic rings. The summed E-state index contributed by atoms with van der Waals surface area (Å²) in [4.78, 5) is 14.5. The van der Waals surface area contributed by atoms with E-state index in [0.717, 1.165) is 48.7 Å². The van der Waals surface area contributed by atoms with Crippen molar-refractivity contribution in [2.75, 3.05) is 50.5 Å². The largest absolute Gasteiger partial charge is 0.379 e. The highest BCUT2D eigenvalue weighted by atomic mass is 32.2. The molecule has 2 heterocycles. The van der Waals surface area contributed by atoms with Gasteiger partial charge in [-0.05, 0) is 20.3 Å². The first kappa shape index (κ1) is 19.4. The van der Waals surface area contributed by atoms with E-state index >= 15 is 0 Å². The lowest BCUT2D eigenvalue weighted by atomic mass is 10.0. The molecule has 2 N–H and O–H groups in total. The Labute approximate surface area is 151 Å². The van der Waals surface area contributed by atoms with E-state index in [1.165, 1.54) is 23.1 Å². The maximum atomic E-state index is 12.1. The molecule has 0 bridgehead atoms. The molecule has 1 aliphatic heterocycles. The van der Waals surface area contributed by atoms with Crippen LogP contribution in [0.15, 0.2) is 4.34 Å². The summed E-state index contributed by atoms with van der Waals surface area (Å²) in [7, 11) is 0. The number of amides is 1. The Bertz CT molecular complexity index is 518. The summed E-state index contributed by atoms with van der Waals surface area (Å²) in [5.41, 5.74) is -0.0654. The van der Waals surface area contributed by atoms with Crippen molar-refractivity contribution in [2.24, 2.45) is 0 Å². The van der Waals surface area contributed by atoms with Crippen molar-refractivity contribution in [3.8, 4) is 0 Å². The van der Waals surface area contributed by atoms with E-state index in [1.807, 2.05) is 0 Å². The van der Waals surface area contributed by atoms with Crippen molar-refractivity contribution in [1.82, 2.24) is 20.4 Å². The van der Waals surface area contributed by atoms with E-state index < -0.39 is 0 Å². The number of nitrogens with zero attached hydrogens (tertiary/aromatic N) is 3. The summed E-state index contributed by atoms with van der Waals surface area (Å²) in [6.07, 6.45) is 1.05. The quantitative estimate of drug-likeness (QED) is 0.638. The molecule has 0 aliphatic carbocycles. The lowest BCUT2D eigenvalue weighted by molar-refractivity contribution is -0.119. The van der Waals surface area contributed by atoms with Crippen LogP contribution >= 0.6 is 23.1 Å². The van der Waals surface area contributed by atoms with Gasteiger partial charge in [-0.15, -0.1) is 10.2 Å². The summed E-state index contributed by atoms with van der Waals surface area (Å²) in [5, 5.41) is 15.2. The zero-order valence-corrected chi connectivity index (χ0v) is 16.3. The van der Waals surface area contributed by atoms with Crippen molar-refractivity contribution in [1.29, 1.82) is 0 Å². The predicted octanol–water partition coefficient (Wildman–Crippen LogP) is 1.68. The van der Waals surface area contributed by atoms with Gasteiger partial charge in [-0.1, -0.05) is 30.0 Å². The van der Waals surface area contributed by atoms with Gasteiger partial charge in [0.1, 0.15) is 0 Å². The average molecular weight is 374 g/mol. The normalized spacial score (nSPS) is 16.1. The molecule has 1 aromatic heterocycles. The Morgan fingerprint density at radius 3 is 2.83 bits per heavy atom. The second-order valence-electron chi connectivity index (χ2n) is 6.28. The molecule has 0 unspecified atom stereocenters. The Balaban J connectivity index is 1.70. The van der Waals surface area contributed by atoms with E-state index in [-0.39, 0.29) is 11.4 Å². The minimum atomic E-state index is -0.0654. The first-order chi connectivity index (χ1) is 11.5. The van der Waals surface area contributed by atoms with Crippen LogP contribution in [0.25, 0.3) is 0 Å². The minimum absolute atomic E-state index is 0.0274. The van der Waals surface area contributed by atoms with Crippen molar-refractivity contribution < 1.29 is 9.53 Å². The number of hydrogen-bond donors (Lipinski definition) is 2. The third-order valence-corrected chi connectivity index (χ3v) is 5.86. The lowest BCUT2D eigenvalue weighted by Gasteiger charge is -2.40. The number of rotatable bonds is 9. The van der Waals surface area contributed by atoms with Gasteiger partial charge < -0.3 is 15.4 Å². The van der Waals surface area contributed by atoms with Crippen LogP contribution in [-0.4, -0.2) is 71.7 Å². The molecule has 2 rings (SSSR count). The lowest BCUT2D eigenvalue weighted by Crippen LogP contribution is -2.55. The molecule has 1 saturated heterocycles. The van der Waals surface area contributed by atoms with Crippen LogP contribution in [-0.2, 0) is 9.53 Å². The van der Waals surface area contributed by atoms with Crippen molar-refractivity contribution in [3.05, 3.63) is 0 Å². The number of carbonyl (C=O) groups excluding carboxylic acids is 1. The molecule has 9 heteroatoms.